The molecule has 0 fully saturated rings. The Morgan fingerprint density at radius 1 is 0.322 bits per heavy atom. The topological polar surface area (TPSA) is 30.7 Å². The fourth-order valence-corrected chi connectivity index (χ4v) is 9.24. The van der Waals surface area contributed by atoms with Gasteiger partial charge in [0.05, 0.1) is 27.9 Å². The summed E-state index contributed by atoms with van der Waals surface area (Å²) in [6.07, 6.45) is 0. The summed E-state index contributed by atoms with van der Waals surface area (Å²) >= 11 is 0. The Hall–Kier alpha value is -7.88. The van der Waals surface area contributed by atoms with Crippen LogP contribution in [0.15, 0.2) is 212 Å². The fourth-order valence-electron chi connectivity index (χ4n) is 9.24. The van der Waals surface area contributed by atoms with E-state index in [1.807, 2.05) is 0 Å². The van der Waals surface area contributed by atoms with Crippen LogP contribution in [0.25, 0.3) is 116 Å². The number of benzene rings is 10. The van der Waals surface area contributed by atoms with E-state index in [2.05, 4.69) is 217 Å². The number of aromatic nitrogens is 3. The highest BCUT2D eigenvalue weighted by Gasteiger charge is 2.20. The van der Waals surface area contributed by atoms with Gasteiger partial charge < -0.3 is 4.57 Å². The predicted molar refractivity (Wildman–Crippen MR) is 248 cm³/mol. The predicted octanol–water partition coefficient (Wildman–Crippen LogP) is 14.9. The zero-order chi connectivity index (χ0) is 38.9. The summed E-state index contributed by atoms with van der Waals surface area (Å²) in [7, 11) is 0. The SMILES string of the molecule is c1ccc(-c2ccc(-c3cccc(-c4nc(-c5cccc6c(-n7c8ccc9ccccc9c8c8c9ccccc9ccc87)cccc56)nc5ccccc45)c3)cc2)cc1. The molecule has 2 heterocycles. The Morgan fingerprint density at radius 2 is 0.847 bits per heavy atom. The Balaban J connectivity index is 1.04. The number of nitrogens with zero attached hydrogens (tertiary/aromatic N) is 3. The van der Waals surface area contributed by atoms with Gasteiger partial charge in [0.25, 0.3) is 0 Å². The summed E-state index contributed by atoms with van der Waals surface area (Å²) < 4.78 is 2.46. The van der Waals surface area contributed by atoms with E-state index in [9.17, 15) is 0 Å². The van der Waals surface area contributed by atoms with E-state index in [0.29, 0.717) is 5.82 Å². The Morgan fingerprint density at radius 3 is 1.58 bits per heavy atom. The van der Waals surface area contributed by atoms with Gasteiger partial charge in [0.1, 0.15) is 0 Å². The van der Waals surface area contributed by atoms with Gasteiger partial charge in [0.15, 0.2) is 5.82 Å². The Labute approximate surface area is 341 Å². The second-order valence-electron chi connectivity index (χ2n) is 15.3. The van der Waals surface area contributed by atoms with E-state index in [1.165, 1.54) is 54.5 Å². The average molecular weight is 750 g/mol. The van der Waals surface area contributed by atoms with Crippen LogP contribution in [0.5, 0.6) is 0 Å². The van der Waals surface area contributed by atoms with Crippen molar-refractivity contribution in [2.75, 3.05) is 0 Å². The Kier molecular flexibility index (Phi) is 7.54. The summed E-state index contributed by atoms with van der Waals surface area (Å²) in [5, 5.41) is 10.8. The van der Waals surface area contributed by atoms with Crippen LogP contribution >= 0.6 is 0 Å². The molecule has 0 spiro atoms. The van der Waals surface area contributed by atoms with Gasteiger partial charge >= 0.3 is 0 Å². The van der Waals surface area contributed by atoms with E-state index < -0.39 is 0 Å². The van der Waals surface area contributed by atoms with Crippen LogP contribution in [0, 0.1) is 0 Å². The maximum atomic E-state index is 5.42. The van der Waals surface area contributed by atoms with Crippen molar-refractivity contribution in [1.82, 2.24) is 14.5 Å². The van der Waals surface area contributed by atoms with E-state index in [0.717, 1.165) is 55.3 Å². The molecule has 0 aliphatic heterocycles. The van der Waals surface area contributed by atoms with E-state index >= 15 is 0 Å². The molecule has 3 nitrogen and oxygen atoms in total. The highest BCUT2D eigenvalue weighted by molar-refractivity contribution is 6.29. The lowest BCUT2D eigenvalue weighted by Gasteiger charge is -2.15. The van der Waals surface area contributed by atoms with Crippen LogP contribution in [0.3, 0.4) is 0 Å². The minimum absolute atomic E-state index is 0.707. The number of para-hydroxylation sites is 1. The van der Waals surface area contributed by atoms with E-state index in [4.69, 9.17) is 9.97 Å². The first kappa shape index (κ1) is 33.3. The van der Waals surface area contributed by atoms with Crippen LogP contribution in [-0.2, 0) is 0 Å². The average Bonchev–Trinajstić information content (AvgIpc) is 3.66. The molecule has 10 aromatic carbocycles. The third-order valence-electron chi connectivity index (χ3n) is 12.0. The molecule has 274 valence electrons. The van der Waals surface area contributed by atoms with E-state index in [-0.39, 0.29) is 0 Å². The van der Waals surface area contributed by atoms with Crippen molar-refractivity contribution in [3.05, 3.63) is 212 Å². The lowest BCUT2D eigenvalue weighted by atomic mass is 9.97. The highest BCUT2D eigenvalue weighted by Crippen LogP contribution is 2.43. The first-order valence-electron chi connectivity index (χ1n) is 20.2. The molecule has 2 aromatic heterocycles. The molecule has 0 bridgehead atoms. The first-order valence-corrected chi connectivity index (χ1v) is 20.2. The molecule has 3 heteroatoms. The quantitative estimate of drug-likeness (QED) is 0.175. The lowest BCUT2D eigenvalue weighted by molar-refractivity contribution is 1.20. The van der Waals surface area contributed by atoms with E-state index in [1.54, 1.807) is 0 Å². The third-order valence-corrected chi connectivity index (χ3v) is 12.0. The van der Waals surface area contributed by atoms with Crippen LogP contribution < -0.4 is 0 Å². The van der Waals surface area contributed by atoms with Gasteiger partial charge in [-0.2, -0.15) is 0 Å². The second-order valence-corrected chi connectivity index (χ2v) is 15.3. The summed E-state index contributed by atoms with van der Waals surface area (Å²) in [5.41, 5.74) is 12.1. The molecule has 0 radical (unpaired) electrons. The van der Waals surface area contributed by atoms with Crippen molar-refractivity contribution in [3.8, 4) is 50.6 Å². The molecule has 0 amide bonds. The molecule has 0 atom stereocenters. The zero-order valence-corrected chi connectivity index (χ0v) is 32.0. The van der Waals surface area contributed by atoms with Crippen LogP contribution in [0.1, 0.15) is 0 Å². The smallest absolute Gasteiger partial charge is 0.161 e. The van der Waals surface area contributed by atoms with Gasteiger partial charge in [0, 0.05) is 32.7 Å². The van der Waals surface area contributed by atoms with Gasteiger partial charge in [-0.3, -0.25) is 0 Å². The zero-order valence-electron chi connectivity index (χ0n) is 32.0. The summed E-state index contributed by atoms with van der Waals surface area (Å²) in [5.74, 6) is 0.707. The molecule has 59 heavy (non-hydrogen) atoms. The maximum Gasteiger partial charge on any atom is 0.161 e. The van der Waals surface area contributed by atoms with Crippen LogP contribution in [0.4, 0.5) is 0 Å². The fraction of sp³-hybridized carbons (Fsp3) is 0. The first-order chi connectivity index (χ1) is 29.3. The maximum absolute atomic E-state index is 5.42. The molecule has 0 saturated carbocycles. The minimum atomic E-state index is 0.707. The molecule has 12 aromatic rings. The molecule has 0 saturated heterocycles. The highest BCUT2D eigenvalue weighted by atomic mass is 15.0. The number of fused-ring (bicyclic) bond motifs is 9. The van der Waals surface area contributed by atoms with Crippen LogP contribution in [0.2, 0.25) is 0 Å². The number of hydrogen-bond donors (Lipinski definition) is 0. The van der Waals surface area contributed by atoms with Gasteiger partial charge in [0.2, 0.25) is 0 Å². The van der Waals surface area contributed by atoms with Gasteiger partial charge in [-0.25, -0.2) is 9.97 Å². The number of hydrogen-bond acceptors (Lipinski definition) is 2. The minimum Gasteiger partial charge on any atom is -0.309 e. The molecule has 12 rings (SSSR count). The van der Waals surface area contributed by atoms with Gasteiger partial charge in [-0.1, -0.05) is 182 Å². The molecule has 0 unspecified atom stereocenters. The van der Waals surface area contributed by atoms with Crippen LogP contribution in [-0.4, -0.2) is 14.5 Å². The summed E-state index contributed by atoms with van der Waals surface area (Å²) in [6, 6.07) is 76.2. The van der Waals surface area contributed by atoms with Crippen molar-refractivity contribution in [3.63, 3.8) is 0 Å². The monoisotopic (exact) mass is 749 g/mol. The molecule has 0 N–H and O–H groups in total. The summed E-state index contributed by atoms with van der Waals surface area (Å²) in [6.45, 7) is 0. The van der Waals surface area contributed by atoms with Crippen molar-refractivity contribution in [1.29, 1.82) is 0 Å². The molecular weight excluding hydrogens is 715 g/mol. The summed E-state index contributed by atoms with van der Waals surface area (Å²) in [4.78, 5) is 10.7. The molecular formula is C56H35N3. The van der Waals surface area contributed by atoms with Crippen molar-refractivity contribution < 1.29 is 0 Å². The van der Waals surface area contributed by atoms with Crippen molar-refractivity contribution >= 4 is 65.0 Å². The third kappa shape index (κ3) is 5.36. The molecule has 0 aliphatic rings. The second kappa shape index (κ2) is 13.4. The lowest BCUT2D eigenvalue weighted by Crippen LogP contribution is -1.98. The normalized spacial score (nSPS) is 11.7. The van der Waals surface area contributed by atoms with Gasteiger partial charge in [-0.15, -0.1) is 0 Å². The van der Waals surface area contributed by atoms with Gasteiger partial charge in [-0.05, 0) is 79.5 Å². The van der Waals surface area contributed by atoms with Crippen molar-refractivity contribution in [2.45, 2.75) is 0 Å². The standard InChI is InChI=1S/C56H35N3/c1-2-13-36(14-3-1)37-27-29-38(30-28-37)41-17-10-18-42(35-41)55-48-21-8-9-25-49(48)57-56(58-55)47-24-11-23-46-45(47)22-12-26-50(46)59-51-33-31-39-15-4-6-19-43(39)53(51)54-44-20-7-5-16-40(44)32-34-52(54)59/h1-35H. The molecule has 0 aliphatic carbocycles. The van der Waals surface area contributed by atoms with Crippen molar-refractivity contribution in [2.24, 2.45) is 0 Å². The Bertz CT molecular complexity index is 3510. The largest absolute Gasteiger partial charge is 0.309 e. The number of rotatable bonds is 5.